The van der Waals surface area contributed by atoms with Gasteiger partial charge in [0.2, 0.25) is 0 Å². The number of nitriles is 1. The quantitative estimate of drug-likeness (QED) is 0.893. The molecule has 2 aliphatic rings. The van der Waals surface area contributed by atoms with Crippen LogP contribution in [0.2, 0.25) is 0 Å². The minimum Gasteiger partial charge on any atom is -0.369 e. The molecule has 4 heteroatoms. The fourth-order valence-electron chi connectivity index (χ4n) is 3.33. The molecule has 1 heterocycles. The Balaban J connectivity index is 1.57. The van der Waals surface area contributed by atoms with Crippen LogP contribution in [0.5, 0.6) is 0 Å². The van der Waals surface area contributed by atoms with Gasteiger partial charge in [-0.25, -0.2) is 0 Å². The first kappa shape index (κ1) is 14.4. The molecule has 21 heavy (non-hydrogen) atoms. The summed E-state index contributed by atoms with van der Waals surface area (Å²) in [4.78, 5) is 4.87. The molecule has 1 N–H and O–H groups in total. The topological polar surface area (TPSA) is 42.3 Å². The first-order chi connectivity index (χ1) is 10.3. The molecule has 0 amide bonds. The van der Waals surface area contributed by atoms with Gasteiger partial charge in [-0.3, -0.25) is 4.90 Å². The van der Waals surface area contributed by atoms with Gasteiger partial charge in [0.05, 0.1) is 6.07 Å². The zero-order valence-electron chi connectivity index (χ0n) is 12.8. The maximum absolute atomic E-state index is 9.60. The normalized spacial score (nSPS) is 22.6. The van der Waals surface area contributed by atoms with Gasteiger partial charge in [0.1, 0.15) is 5.54 Å². The Labute approximate surface area is 127 Å². The average Bonchev–Trinajstić information content (AvgIpc) is 3.39. The molecule has 1 unspecified atom stereocenters. The van der Waals surface area contributed by atoms with Crippen LogP contribution in [0.3, 0.4) is 0 Å². The van der Waals surface area contributed by atoms with Crippen molar-refractivity contribution in [3.05, 3.63) is 30.3 Å². The Kier molecular flexibility index (Phi) is 4.14. The molecular formula is C17H24N4. The second-order valence-electron chi connectivity index (χ2n) is 6.21. The molecule has 1 aromatic carbocycles. The van der Waals surface area contributed by atoms with Gasteiger partial charge in [-0.1, -0.05) is 18.2 Å². The van der Waals surface area contributed by atoms with Gasteiger partial charge in [-0.05, 0) is 37.9 Å². The predicted molar refractivity (Wildman–Crippen MR) is 85.2 cm³/mol. The number of anilines is 1. The summed E-state index contributed by atoms with van der Waals surface area (Å²) in [5.74, 6) is 0.541. The van der Waals surface area contributed by atoms with Crippen molar-refractivity contribution in [3.8, 4) is 6.07 Å². The smallest absolute Gasteiger partial charge is 0.122 e. The average molecular weight is 284 g/mol. The van der Waals surface area contributed by atoms with E-state index in [0.29, 0.717) is 5.92 Å². The molecule has 0 radical (unpaired) electrons. The molecule has 2 fully saturated rings. The number of piperazine rings is 1. The summed E-state index contributed by atoms with van der Waals surface area (Å²) < 4.78 is 0. The predicted octanol–water partition coefficient (Wildman–Crippen LogP) is 1.70. The highest BCUT2D eigenvalue weighted by atomic mass is 15.3. The van der Waals surface area contributed by atoms with Crippen LogP contribution in [0.1, 0.15) is 12.8 Å². The number of nitrogens with one attached hydrogen (secondary N) is 1. The van der Waals surface area contributed by atoms with E-state index in [2.05, 4.69) is 51.5 Å². The second kappa shape index (κ2) is 6.05. The van der Waals surface area contributed by atoms with Crippen LogP contribution in [0.25, 0.3) is 0 Å². The van der Waals surface area contributed by atoms with Gasteiger partial charge >= 0.3 is 0 Å². The molecule has 112 valence electrons. The number of para-hydroxylation sites is 1. The molecule has 1 aromatic rings. The van der Waals surface area contributed by atoms with Gasteiger partial charge in [-0.2, -0.15) is 5.26 Å². The Hall–Kier alpha value is -1.57. The Morgan fingerprint density at radius 2 is 1.86 bits per heavy atom. The van der Waals surface area contributed by atoms with Crippen molar-refractivity contribution >= 4 is 5.69 Å². The molecule has 1 aliphatic heterocycles. The van der Waals surface area contributed by atoms with Crippen LogP contribution in [-0.2, 0) is 0 Å². The third-order valence-corrected chi connectivity index (χ3v) is 4.89. The van der Waals surface area contributed by atoms with E-state index in [9.17, 15) is 5.26 Å². The molecule has 1 aliphatic carbocycles. The Bertz CT molecular complexity index is 497. The molecule has 1 saturated heterocycles. The summed E-state index contributed by atoms with van der Waals surface area (Å²) in [5, 5.41) is 12.9. The fourth-order valence-corrected chi connectivity index (χ4v) is 3.33. The molecular weight excluding hydrogens is 260 g/mol. The van der Waals surface area contributed by atoms with Crippen LogP contribution in [0.4, 0.5) is 5.69 Å². The maximum Gasteiger partial charge on any atom is 0.122 e. The lowest BCUT2D eigenvalue weighted by Gasteiger charge is -2.40. The molecule has 0 aromatic heterocycles. The lowest BCUT2D eigenvalue weighted by atomic mass is 9.94. The van der Waals surface area contributed by atoms with Crippen molar-refractivity contribution < 1.29 is 0 Å². The SMILES string of the molecule is CNC(C#N)(CN1CCN(c2ccccc2)CC1)C1CC1. The number of nitrogens with zero attached hydrogens (tertiary/aromatic N) is 3. The van der Waals surface area contributed by atoms with E-state index in [0.717, 1.165) is 32.7 Å². The second-order valence-corrected chi connectivity index (χ2v) is 6.21. The number of hydrogen-bond acceptors (Lipinski definition) is 4. The summed E-state index contributed by atoms with van der Waals surface area (Å²) in [6.07, 6.45) is 2.39. The Morgan fingerprint density at radius 1 is 1.19 bits per heavy atom. The van der Waals surface area contributed by atoms with Crippen LogP contribution in [0, 0.1) is 17.2 Å². The van der Waals surface area contributed by atoms with E-state index >= 15 is 0 Å². The zero-order valence-corrected chi connectivity index (χ0v) is 12.8. The highest BCUT2D eigenvalue weighted by Crippen LogP contribution is 2.39. The Morgan fingerprint density at radius 3 is 2.38 bits per heavy atom. The van der Waals surface area contributed by atoms with E-state index in [-0.39, 0.29) is 5.54 Å². The van der Waals surface area contributed by atoms with E-state index in [1.807, 2.05) is 7.05 Å². The van der Waals surface area contributed by atoms with E-state index < -0.39 is 0 Å². The minimum atomic E-state index is -0.338. The largest absolute Gasteiger partial charge is 0.369 e. The number of benzene rings is 1. The minimum absolute atomic E-state index is 0.338. The van der Waals surface area contributed by atoms with E-state index in [4.69, 9.17) is 0 Å². The van der Waals surface area contributed by atoms with Crippen molar-refractivity contribution in [1.29, 1.82) is 5.26 Å². The summed E-state index contributed by atoms with van der Waals surface area (Å²) in [6.45, 7) is 5.01. The molecule has 1 atom stereocenters. The summed E-state index contributed by atoms with van der Waals surface area (Å²) in [7, 11) is 1.93. The highest BCUT2D eigenvalue weighted by molar-refractivity contribution is 5.46. The molecule has 4 nitrogen and oxygen atoms in total. The van der Waals surface area contributed by atoms with Crippen LogP contribution >= 0.6 is 0 Å². The summed E-state index contributed by atoms with van der Waals surface area (Å²) in [5.41, 5.74) is 0.967. The van der Waals surface area contributed by atoms with Crippen molar-refractivity contribution in [3.63, 3.8) is 0 Å². The molecule has 0 bridgehead atoms. The van der Waals surface area contributed by atoms with Gasteiger partial charge in [0.25, 0.3) is 0 Å². The third-order valence-electron chi connectivity index (χ3n) is 4.89. The first-order valence-corrected chi connectivity index (χ1v) is 7.90. The lowest BCUT2D eigenvalue weighted by molar-refractivity contribution is 0.193. The van der Waals surface area contributed by atoms with Gasteiger partial charge in [-0.15, -0.1) is 0 Å². The van der Waals surface area contributed by atoms with E-state index in [1.54, 1.807) is 0 Å². The number of hydrogen-bond donors (Lipinski definition) is 1. The molecule has 1 saturated carbocycles. The van der Waals surface area contributed by atoms with Crippen molar-refractivity contribution in [1.82, 2.24) is 10.2 Å². The lowest BCUT2D eigenvalue weighted by Crippen LogP contribution is -2.57. The van der Waals surface area contributed by atoms with E-state index in [1.165, 1.54) is 18.5 Å². The third kappa shape index (κ3) is 3.04. The standard InChI is InChI=1S/C17H24N4/c1-19-17(13-18,15-7-8-15)14-20-9-11-21(12-10-20)16-5-3-2-4-6-16/h2-6,15,19H,7-12,14H2,1H3. The van der Waals surface area contributed by atoms with Crippen molar-refractivity contribution in [2.75, 3.05) is 44.7 Å². The molecule has 3 rings (SSSR count). The van der Waals surface area contributed by atoms with Crippen LogP contribution in [0.15, 0.2) is 30.3 Å². The molecule has 0 spiro atoms. The van der Waals surface area contributed by atoms with Gasteiger partial charge < -0.3 is 10.2 Å². The summed E-state index contributed by atoms with van der Waals surface area (Å²) >= 11 is 0. The van der Waals surface area contributed by atoms with Crippen LogP contribution < -0.4 is 10.2 Å². The fraction of sp³-hybridized carbons (Fsp3) is 0.588. The number of rotatable bonds is 5. The van der Waals surface area contributed by atoms with Crippen molar-refractivity contribution in [2.45, 2.75) is 18.4 Å². The number of likely N-dealkylation sites (N-methyl/N-ethyl adjacent to an activating group) is 1. The highest BCUT2D eigenvalue weighted by Gasteiger charge is 2.45. The monoisotopic (exact) mass is 284 g/mol. The summed E-state index contributed by atoms with van der Waals surface area (Å²) in [6, 6.07) is 13.1. The van der Waals surface area contributed by atoms with Crippen LogP contribution in [-0.4, -0.2) is 50.2 Å². The van der Waals surface area contributed by atoms with Gasteiger partial charge in [0.15, 0.2) is 0 Å². The van der Waals surface area contributed by atoms with Crippen molar-refractivity contribution in [2.24, 2.45) is 5.92 Å². The van der Waals surface area contributed by atoms with Gasteiger partial charge in [0, 0.05) is 38.4 Å². The first-order valence-electron chi connectivity index (χ1n) is 7.90. The maximum atomic E-state index is 9.60. The zero-order chi connectivity index (χ0) is 14.7.